The number of aliphatic hydroxyl groups is 1. The van der Waals surface area contributed by atoms with Crippen LogP contribution in [0.5, 0.6) is 0 Å². The summed E-state index contributed by atoms with van der Waals surface area (Å²) in [6.45, 7) is 8.49. The van der Waals surface area contributed by atoms with Crippen LogP contribution in [0.4, 0.5) is 5.69 Å². The van der Waals surface area contributed by atoms with E-state index >= 15 is 0 Å². The van der Waals surface area contributed by atoms with Crippen LogP contribution in [0.25, 0.3) is 0 Å². The molecule has 10 nitrogen and oxygen atoms in total. The van der Waals surface area contributed by atoms with E-state index in [0.717, 1.165) is 13.1 Å². The highest BCUT2D eigenvalue weighted by Crippen LogP contribution is 2.65. The average Bonchev–Trinajstić information content (AvgIpc) is 3.42. The van der Waals surface area contributed by atoms with Crippen LogP contribution in [0.2, 0.25) is 0 Å². The first kappa shape index (κ1) is 27.1. The van der Waals surface area contributed by atoms with Gasteiger partial charge in [0.1, 0.15) is 11.6 Å². The number of carbonyl (C=O) groups is 3. The van der Waals surface area contributed by atoms with Gasteiger partial charge in [-0.3, -0.25) is 19.3 Å². The number of para-hydroxylation sites is 1. The monoisotopic (exact) mass is 528 g/mol. The number of amides is 3. The molecule has 1 aromatic carbocycles. The van der Waals surface area contributed by atoms with E-state index < -0.39 is 29.1 Å². The Balaban J connectivity index is 1.40. The molecule has 0 saturated carbocycles. The number of likely N-dealkylation sites (tertiary alicyclic amines) is 1. The first-order valence-corrected chi connectivity index (χ1v) is 13.9. The highest BCUT2D eigenvalue weighted by Gasteiger charge is 2.79. The maximum absolute atomic E-state index is 14.0. The Morgan fingerprint density at radius 1 is 1.11 bits per heavy atom. The van der Waals surface area contributed by atoms with Crippen molar-refractivity contribution in [2.75, 3.05) is 57.9 Å². The number of fused-ring (bicyclic) bond motifs is 1. The van der Waals surface area contributed by atoms with Gasteiger partial charge in [-0.05, 0) is 44.2 Å². The number of rotatable bonds is 10. The predicted octanol–water partition coefficient (Wildman–Crippen LogP) is 0.857. The molecule has 3 N–H and O–H groups in total. The van der Waals surface area contributed by atoms with Crippen LogP contribution < -0.4 is 10.6 Å². The second-order valence-electron chi connectivity index (χ2n) is 11.3. The maximum atomic E-state index is 14.0. The Hall–Kier alpha value is -2.53. The largest absolute Gasteiger partial charge is 0.396 e. The zero-order valence-electron chi connectivity index (χ0n) is 22.4. The molecule has 0 aliphatic carbocycles. The molecule has 10 heteroatoms. The van der Waals surface area contributed by atoms with Gasteiger partial charge in [-0.2, -0.15) is 0 Å². The van der Waals surface area contributed by atoms with Crippen LogP contribution in [0.15, 0.2) is 30.3 Å². The first-order chi connectivity index (χ1) is 18.3. The number of ether oxygens (including phenoxy) is 2. The standard InChI is InChI=1S/C28H40N4O6/c1-19-18-28-22(21(27(19,2)38-28)24(34)30-20-8-4-3-5-9-20)26(36)32(11-6-7-15-33)23(28)25(35)29-10-12-31-13-16-37-17-14-31/h3-5,8-9,19,21-23,33H,6-7,10-18H2,1-2H3,(H,29,35)(H,30,34)/t19?,21-,22-,23?,27+,28?/m0/s1. The van der Waals surface area contributed by atoms with Crippen molar-refractivity contribution < 1.29 is 29.0 Å². The Morgan fingerprint density at radius 3 is 2.55 bits per heavy atom. The first-order valence-electron chi connectivity index (χ1n) is 13.9. The second kappa shape index (κ2) is 10.9. The van der Waals surface area contributed by atoms with E-state index in [1.54, 1.807) is 4.90 Å². The van der Waals surface area contributed by atoms with Crippen molar-refractivity contribution in [2.45, 2.75) is 50.4 Å². The maximum Gasteiger partial charge on any atom is 0.245 e. The van der Waals surface area contributed by atoms with Crippen molar-refractivity contribution in [1.29, 1.82) is 0 Å². The van der Waals surface area contributed by atoms with Crippen LogP contribution >= 0.6 is 0 Å². The smallest absolute Gasteiger partial charge is 0.245 e. The van der Waals surface area contributed by atoms with Crippen molar-refractivity contribution in [3.8, 4) is 0 Å². The molecule has 4 heterocycles. The molecule has 4 aliphatic rings. The van der Waals surface area contributed by atoms with E-state index in [0.29, 0.717) is 57.8 Å². The SMILES string of the molecule is CC1CC23O[C@@]1(C)[C@H](C(=O)Nc1ccccc1)[C@H]2C(=O)N(CCCCO)C3C(=O)NCCN1CCOCC1. The molecule has 208 valence electrons. The third-order valence-corrected chi connectivity index (χ3v) is 9.02. The summed E-state index contributed by atoms with van der Waals surface area (Å²) in [7, 11) is 0. The minimum atomic E-state index is -1.06. The molecule has 1 spiro atoms. The third-order valence-electron chi connectivity index (χ3n) is 9.02. The molecule has 4 aliphatic heterocycles. The molecule has 4 saturated heterocycles. The van der Waals surface area contributed by atoms with E-state index in [-0.39, 0.29) is 30.2 Å². The van der Waals surface area contributed by atoms with Crippen molar-refractivity contribution >= 4 is 23.4 Å². The molecule has 1 aromatic rings. The number of nitrogens with one attached hydrogen (secondary N) is 2. The number of benzene rings is 1. The lowest BCUT2D eigenvalue weighted by Gasteiger charge is -2.36. The van der Waals surface area contributed by atoms with Crippen LogP contribution in [-0.4, -0.2) is 102 Å². The minimum Gasteiger partial charge on any atom is -0.396 e. The Bertz CT molecular complexity index is 1030. The normalized spacial score (nSPS) is 34.4. The quantitative estimate of drug-likeness (QED) is 0.385. The number of carbonyl (C=O) groups excluding carboxylic acids is 3. The average molecular weight is 529 g/mol. The zero-order chi connectivity index (χ0) is 26.9. The van der Waals surface area contributed by atoms with Gasteiger partial charge in [-0.15, -0.1) is 0 Å². The van der Waals surface area contributed by atoms with Gasteiger partial charge in [0, 0.05) is 45.0 Å². The lowest BCUT2D eigenvalue weighted by Crippen LogP contribution is -2.56. The van der Waals surface area contributed by atoms with E-state index in [9.17, 15) is 19.5 Å². The van der Waals surface area contributed by atoms with Gasteiger partial charge in [0.15, 0.2) is 0 Å². The Kier molecular flexibility index (Phi) is 7.77. The molecule has 0 aromatic heterocycles. The number of morpholine rings is 1. The highest BCUT2D eigenvalue weighted by atomic mass is 16.5. The predicted molar refractivity (Wildman–Crippen MR) is 140 cm³/mol. The number of unbranched alkanes of at least 4 members (excludes halogenated alkanes) is 1. The summed E-state index contributed by atoms with van der Waals surface area (Å²) in [5, 5.41) is 15.4. The number of hydrogen-bond acceptors (Lipinski definition) is 7. The summed E-state index contributed by atoms with van der Waals surface area (Å²) < 4.78 is 12.1. The van der Waals surface area contributed by atoms with Crippen LogP contribution in [0, 0.1) is 17.8 Å². The van der Waals surface area contributed by atoms with Gasteiger partial charge in [-0.1, -0.05) is 25.1 Å². The van der Waals surface area contributed by atoms with Crippen LogP contribution in [0.1, 0.15) is 33.1 Å². The van der Waals surface area contributed by atoms with Crippen molar-refractivity contribution in [1.82, 2.24) is 15.1 Å². The van der Waals surface area contributed by atoms with Gasteiger partial charge in [0.05, 0.1) is 30.7 Å². The lowest BCUT2D eigenvalue weighted by molar-refractivity contribution is -0.146. The van der Waals surface area contributed by atoms with Crippen LogP contribution in [0.3, 0.4) is 0 Å². The van der Waals surface area contributed by atoms with E-state index in [2.05, 4.69) is 15.5 Å². The van der Waals surface area contributed by atoms with Gasteiger partial charge in [0.2, 0.25) is 17.7 Å². The molecular formula is C28H40N4O6. The fourth-order valence-corrected chi connectivity index (χ4v) is 7.07. The summed E-state index contributed by atoms with van der Waals surface area (Å²) in [5.41, 5.74) is -1.26. The summed E-state index contributed by atoms with van der Waals surface area (Å²) in [5.74, 6) is -2.17. The van der Waals surface area contributed by atoms with E-state index in [4.69, 9.17) is 9.47 Å². The molecule has 3 amide bonds. The van der Waals surface area contributed by atoms with Crippen LogP contribution in [-0.2, 0) is 23.9 Å². The highest BCUT2D eigenvalue weighted by molar-refractivity contribution is 6.02. The molecule has 2 bridgehead atoms. The number of hydrogen-bond donors (Lipinski definition) is 3. The topological polar surface area (TPSA) is 120 Å². The molecule has 0 radical (unpaired) electrons. The Morgan fingerprint density at radius 2 is 1.84 bits per heavy atom. The molecule has 3 unspecified atom stereocenters. The fraction of sp³-hybridized carbons (Fsp3) is 0.679. The van der Waals surface area contributed by atoms with E-state index in [1.807, 2.05) is 44.2 Å². The molecular weight excluding hydrogens is 488 g/mol. The molecule has 6 atom stereocenters. The molecule has 38 heavy (non-hydrogen) atoms. The van der Waals surface area contributed by atoms with E-state index in [1.165, 1.54) is 0 Å². The van der Waals surface area contributed by atoms with Crippen molar-refractivity contribution in [3.05, 3.63) is 30.3 Å². The third kappa shape index (κ3) is 4.61. The second-order valence-corrected chi connectivity index (χ2v) is 11.3. The lowest BCUT2D eigenvalue weighted by atomic mass is 9.62. The summed E-state index contributed by atoms with van der Waals surface area (Å²) in [4.78, 5) is 45.4. The number of nitrogens with zero attached hydrogens (tertiary/aromatic N) is 2. The van der Waals surface area contributed by atoms with Gasteiger partial charge in [0.25, 0.3) is 0 Å². The summed E-state index contributed by atoms with van der Waals surface area (Å²) in [6, 6.07) is 8.38. The molecule has 5 rings (SSSR count). The zero-order valence-corrected chi connectivity index (χ0v) is 22.4. The summed E-state index contributed by atoms with van der Waals surface area (Å²) in [6.07, 6.45) is 1.63. The fourth-order valence-electron chi connectivity index (χ4n) is 7.07. The van der Waals surface area contributed by atoms with Crippen molar-refractivity contribution in [3.63, 3.8) is 0 Å². The molecule has 4 fully saturated rings. The van der Waals surface area contributed by atoms with Gasteiger partial charge >= 0.3 is 0 Å². The number of anilines is 1. The Labute approximate surface area is 224 Å². The summed E-state index contributed by atoms with van der Waals surface area (Å²) >= 11 is 0. The van der Waals surface area contributed by atoms with Gasteiger partial charge < -0.3 is 30.1 Å². The van der Waals surface area contributed by atoms with Crippen molar-refractivity contribution in [2.24, 2.45) is 17.8 Å². The minimum absolute atomic E-state index is 0.0146. The van der Waals surface area contributed by atoms with Gasteiger partial charge in [-0.25, -0.2) is 0 Å². The number of aliphatic hydroxyl groups excluding tert-OH is 1.